The van der Waals surface area contributed by atoms with E-state index in [1.807, 2.05) is 30.9 Å². The number of nitrogens with zero attached hydrogens (tertiary/aromatic N) is 6. The van der Waals surface area contributed by atoms with Crippen LogP contribution in [-0.2, 0) is 9.47 Å². The molecule has 2 fully saturated rings. The molecule has 0 amide bonds. The zero-order valence-electron chi connectivity index (χ0n) is 19.4. The van der Waals surface area contributed by atoms with Gasteiger partial charge >= 0.3 is 0 Å². The van der Waals surface area contributed by atoms with Gasteiger partial charge in [-0.15, -0.1) is 0 Å². The molecule has 4 aromatic rings. The van der Waals surface area contributed by atoms with Gasteiger partial charge in [-0.05, 0) is 45.2 Å². The molecule has 1 aliphatic carbocycles. The fourth-order valence-electron chi connectivity index (χ4n) is 4.37. The Labute approximate surface area is 200 Å². The zero-order chi connectivity index (χ0) is 24.1. The Kier molecular flexibility index (Phi) is 5.49. The van der Waals surface area contributed by atoms with Gasteiger partial charge in [0.05, 0.1) is 36.3 Å². The van der Waals surface area contributed by atoms with Crippen molar-refractivity contribution >= 4 is 11.2 Å². The maximum absolute atomic E-state index is 14.8. The first-order valence-electron chi connectivity index (χ1n) is 11.7. The average Bonchev–Trinajstić information content (AvgIpc) is 3.62. The summed E-state index contributed by atoms with van der Waals surface area (Å²) < 4.78 is 42.1. The van der Waals surface area contributed by atoms with Crippen LogP contribution in [0.1, 0.15) is 60.1 Å². The number of rotatable bonds is 4. The predicted octanol–water partition coefficient (Wildman–Crippen LogP) is 4.73. The lowest BCUT2D eigenvalue weighted by molar-refractivity contribution is -0.0689. The number of aromatic nitrogens is 6. The Bertz CT molecular complexity index is 1420. The van der Waals surface area contributed by atoms with Gasteiger partial charge in [-0.2, -0.15) is 5.10 Å². The Morgan fingerprint density at radius 2 is 1.86 bits per heavy atom. The number of benzene rings is 1. The molecule has 6 rings (SSSR count). The van der Waals surface area contributed by atoms with Gasteiger partial charge in [0.25, 0.3) is 0 Å². The molecule has 0 unspecified atom stereocenters. The second-order valence-electron chi connectivity index (χ2n) is 9.18. The Morgan fingerprint density at radius 3 is 2.66 bits per heavy atom. The lowest BCUT2D eigenvalue weighted by Gasteiger charge is -2.18. The van der Waals surface area contributed by atoms with E-state index in [1.54, 1.807) is 0 Å². The summed E-state index contributed by atoms with van der Waals surface area (Å²) in [6, 6.07) is 3.89. The number of halogens is 2. The highest BCUT2D eigenvalue weighted by atomic mass is 19.1. The summed E-state index contributed by atoms with van der Waals surface area (Å²) >= 11 is 0. The van der Waals surface area contributed by atoms with Gasteiger partial charge in [0.2, 0.25) is 0 Å². The van der Waals surface area contributed by atoms with Crippen LogP contribution in [0.5, 0.6) is 0 Å². The van der Waals surface area contributed by atoms with Crippen molar-refractivity contribution in [2.24, 2.45) is 0 Å². The summed E-state index contributed by atoms with van der Waals surface area (Å²) in [6.45, 7) is 4.14. The summed E-state index contributed by atoms with van der Waals surface area (Å²) in [7, 11) is 0. The van der Waals surface area contributed by atoms with Crippen molar-refractivity contribution in [2.75, 3.05) is 13.4 Å². The van der Waals surface area contributed by atoms with Gasteiger partial charge < -0.3 is 9.47 Å². The molecule has 0 spiro atoms. The second-order valence-corrected chi connectivity index (χ2v) is 9.18. The largest absolute Gasteiger partial charge is 0.355 e. The Morgan fingerprint density at radius 1 is 1.03 bits per heavy atom. The van der Waals surface area contributed by atoms with Crippen LogP contribution in [-0.4, -0.2) is 43.1 Å². The van der Waals surface area contributed by atoms with E-state index in [4.69, 9.17) is 19.4 Å². The van der Waals surface area contributed by atoms with Crippen LogP contribution < -0.4 is 0 Å². The Balaban J connectivity index is 1.43. The molecule has 3 aromatic heterocycles. The minimum atomic E-state index is -0.721. The molecule has 1 saturated heterocycles. The normalized spacial score (nSPS) is 20.8. The number of aryl methyl sites for hydroxylation is 2. The molecule has 4 heterocycles. The fourth-order valence-corrected chi connectivity index (χ4v) is 4.37. The van der Waals surface area contributed by atoms with Gasteiger partial charge in [0, 0.05) is 29.3 Å². The lowest BCUT2D eigenvalue weighted by atomic mass is 9.98. The minimum Gasteiger partial charge on any atom is -0.355 e. The highest BCUT2D eigenvalue weighted by Crippen LogP contribution is 2.38. The molecule has 10 heteroatoms. The summed E-state index contributed by atoms with van der Waals surface area (Å²) in [5, 5.41) is 4.49. The molecular formula is C25H24F2N6O2. The summed E-state index contributed by atoms with van der Waals surface area (Å²) in [4.78, 5) is 18.6. The average molecular weight is 479 g/mol. The molecule has 2 aliphatic rings. The monoisotopic (exact) mass is 478 g/mol. The van der Waals surface area contributed by atoms with E-state index < -0.39 is 11.6 Å². The van der Waals surface area contributed by atoms with E-state index in [-0.39, 0.29) is 30.1 Å². The van der Waals surface area contributed by atoms with E-state index in [0.29, 0.717) is 41.8 Å². The van der Waals surface area contributed by atoms with Crippen LogP contribution in [0.4, 0.5) is 8.78 Å². The number of hydrogen-bond acceptors (Lipinski definition) is 7. The van der Waals surface area contributed by atoms with Crippen molar-refractivity contribution in [1.82, 2.24) is 29.7 Å². The molecule has 1 aliphatic heterocycles. The van der Waals surface area contributed by atoms with Gasteiger partial charge in [0.15, 0.2) is 5.65 Å². The number of fused-ring (bicyclic) bond motifs is 1. The van der Waals surface area contributed by atoms with Crippen LogP contribution in [0.25, 0.3) is 22.4 Å². The quantitative estimate of drug-likeness (QED) is 0.419. The molecule has 2 atom stereocenters. The molecule has 180 valence electrons. The van der Waals surface area contributed by atoms with Crippen molar-refractivity contribution in [1.29, 1.82) is 0 Å². The molecule has 0 bridgehead atoms. The van der Waals surface area contributed by atoms with Crippen LogP contribution in [0.3, 0.4) is 0 Å². The van der Waals surface area contributed by atoms with Gasteiger partial charge in [-0.25, -0.2) is 28.7 Å². The highest BCUT2D eigenvalue weighted by molar-refractivity contribution is 5.87. The summed E-state index contributed by atoms with van der Waals surface area (Å²) in [5.74, 6) is -1.16. The Hall–Kier alpha value is -3.37. The van der Waals surface area contributed by atoms with E-state index in [0.717, 1.165) is 30.2 Å². The van der Waals surface area contributed by atoms with Crippen molar-refractivity contribution < 1.29 is 18.3 Å². The minimum absolute atomic E-state index is 0.140. The van der Waals surface area contributed by atoms with Crippen LogP contribution >= 0.6 is 0 Å². The van der Waals surface area contributed by atoms with Crippen molar-refractivity contribution in [2.45, 2.75) is 51.2 Å². The van der Waals surface area contributed by atoms with Crippen LogP contribution in [0.15, 0.2) is 30.6 Å². The van der Waals surface area contributed by atoms with Crippen LogP contribution in [0.2, 0.25) is 0 Å². The maximum Gasteiger partial charge on any atom is 0.182 e. The van der Waals surface area contributed by atoms with Gasteiger partial charge in [-0.3, -0.25) is 4.68 Å². The first kappa shape index (κ1) is 22.1. The standard InChI is InChI=1S/C25H24F2N6O2/c1-13-14(2)30-25-23(29-13)22(19-6-3-17(26)8-20(19)27)31-24(32-25)15-7-21(35-12-34-11-15)16-9-28-33(10-16)18-4-5-18/h3,6,8-10,15,18,21H,4-5,7,11-12H2,1-2H3/t15-,21+/m1/s1. The summed E-state index contributed by atoms with van der Waals surface area (Å²) in [6.07, 6.45) is 6.47. The van der Waals surface area contributed by atoms with E-state index >= 15 is 0 Å². The second kappa shape index (κ2) is 8.69. The van der Waals surface area contributed by atoms with E-state index in [9.17, 15) is 8.78 Å². The number of ether oxygens (including phenoxy) is 2. The van der Waals surface area contributed by atoms with Crippen LogP contribution in [0, 0.1) is 25.5 Å². The number of hydrogen-bond donors (Lipinski definition) is 0. The third kappa shape index (κ3) is 4.28. The first-order valence-corrected chi connectivity index (χ1v) is 11.7. The van der Waals surface area contributed by atoms with Crippen molar-refractivity contribution in [3.05, 3.63) is 65.0 Å². The van der Waals surface area contributed by atoms with E-state index in [2.05, 4.69) is 15.1 Å². The molecular weight excluding hydrogens is 454 g/mol. The third-order valence-corrected chi connectivity index (χ3v) is 6.60. The SMILES string of the molecule is Cc1nc2nc([C@H]3COCO[C@H](c4cnn(C5CC5)c4)C3)nc(-c3ccc(F)cc3F)c2nc1C. The van der Waals surface area contributed by atoms with Crippen molar-refractivity contribution in [3.8, 4) is 11.3 Å². The molecule has 35 heavy (non-hydrogen) atoms. The smallest absolute Gasteiger partial charge is 0.182 e. The van der Waals surface area contributed by atoms with Gasteiger partial charge in [-0.1, -0.05) is 0 Å². The lowest BCUT2D eigenvalue weighted by Crippen LogP contribution is -2.14. The summed E-state index contributed by atoms with van der Waals surface area (Å²) in [5.41, 5.74) is 3.54. The molecule has 1 aromatic carbocycles. The molecule has 0 N–H and O–H groups in total. The van der Waals surface area contributed by atoms with Crippen molar-refractivity contribution in [3.63, 3.8) is 0 Å². The maximum atomic E-state index is 14.8. The fraction of sp³-hybridized carbons (Fsp3) is 0.400. The predicted molar refractivity (Wildman–Crippen MR) is 122 cm³/mol. The molecule has 8 nitrogen and oxygen atoms in total. The molecule has 1 saturated carbocycles. The highest BCUT2D eigenvalue weighted by Gasteiger charge is 2.30. The molecule has 0 radical (unpaired) electrons. The van der Waals surface area contributed by atoms with E-state index in [1.165, 1.54) is 12.1 Å². The third-order valence-electron chi connectivity index (χ3n) is 6.60. The topological polar surface area (TPSA) is 87.8 Å². The zero-order valence-corrected chi connectivity index (χ0v) is 19.4. The first-order chi connectivity index (χ1) is 17.0. The van der Waals surface area contributed by atoms with Gasteiger partial charge in [0.1, 0.15) is 35.5 Å².